The molecule has 140 valence electrons. The predicted octanol–water partition coefficient (Wildman–Crippen LogP) is 4.20. The van der Waals surface area contributed by atoms with Crippen LogP contribution in [0.2, 0.25) is 5.02 Å². The van der Waals surface area contributed by atoms with E-state index in [-0.39, 0.29) is 17.9 Å². The lowest BCUT2D eigenvalue weighted by molar-refractivity contribution is -0.111. The van der Waals surface area contributed by atoms with Gasteiger partial charge in [-0.15, -0.1) is 0 Å². The van der Waals surface area contributed by atoms with E-state index in [2.05, 4.69) is 10.6 Å². The van der Waals surface area contributed by atoms with E-state index in [1.165, 1.54) is 6.08 Å². The molecule has 2 aromatic carbocycles. The summed E-state index contributed by atoms with van der Waals surface area (Å²) in [6.45, 7) is 1.97. The number of anilines is 1. The zero-order valence-electron chi connectivity index (χ0n) is 15.2. The molecule has 2 aromatic rings. The fraction of sp³-hybridized carbons (Fsp3) is 0.238. The maximum atomic E-state index is 12.2. The lowest BCUT2D eigenvalue weighted by Crippen LogP contribution is -2.25. The molecule has 1 saturated carbocycles. The number of methoxy groups -OCH3 is 1. The number of rotatable bonds is 6. The van der Waals surface area contributed by atoms with Gasteiger partial charge in [0.15, 0.2) is 0 Å². The number of ether oxygens (including phenoxy) is 1. The molecule has 0 spiro atoms. The maximum absolute atomic E-state index is 12.2. The van der Waals surface area contributed by atoms with Gasteiger partial charge >= 0.3 is 0 Å². The van der Waals surface area contributed by atoms with Gasteiger partial charge in [0.1, 0.15) is 5.75 Å². The molecule has 3 rings (SSSR count). The lowest BCUT2D eigenvalue weighted by Gasteiger charge is -2.08. The second kappa shape index (κ2) is 8.27. The largest absolute Gasteiger partial charge is 0.496 e. The van der Waals surface area contributed by atoms with Crippen LogP contribution in [0.25, 0.3) is 6.08 Å². The average molecular weight is 385 g/mol. The van der Waals surface area contributed by atoms with Crippen molar-refractivity contribution >= 4 is 35.2 Å². The Labute approximate surface area is 163 Å². The zero-order chi connectivity index (χ0) is 19.4. The Balaban J connectivity index is 1.66. The molecule has 1 aliphatic rings. The van der Waals surface area contributed by atoms with E-state index in [1.54, 1.807) is 31.4 Å². The highest BCUT2D eigenvalue weighted by atomic mass is 35.5. The van der Waals surface area contributed by atoms with Crippen molar-refractivity contribution in [2.45, 2.75) is 25.8 Å². The molecule has 0 saturated heterocycles. The molecule has 2 N–H and O–H groups in total. The highest BCUT2D eigenvalue weighted by Crippen LogP contribution is 2.24. The van der Waals surface area contributed by atoms with Crippen LogP contribution in [-0.4, -0.2) is 25.0 Å². The summed E-state index contributed by atoms with van der Waals surface area (Å²) >= 11 is 6.19. The first-order valence-electron chi connectivity index (χ1n) is 8.70. The van der Waals surface area contributed by atoms with Crippen LogP contribution in [0.5, 0.6) is 5.75 Å². The first-order valence-corrected chi connectivity index (χ1v) is 9.08. The number of hydrogen-bond acceptors (Lipinski definition) is 3. The number of carbonyl (C=O) groups is 2. The normalized spacial score (nSPS) is 13.4. The summed E-state index contributed by atoms with van der Waals surface area (Å²) in [5, 5.41) is 5.93. The quantitative estimate of drug-likeness (QED) is 0.733. The SMILES string of the molecule is COc1ccc(C)cc1C=CC(=O)Nc1ccc(C(=O)NC2CC2)c(Cl)c1. The summed E-state index contributed by atoms with van der Waals surface area (Å²) < 4.78 is 5.30. The molecule has 1 fully saturated rings. The summed E-state index contributed by atoms with van der Waals surface area (Å²) in [4.78, 5) is 24.3. The van der Waals surface area contributed by atoms with Gasteiger partial charge in [0.05, 0.1) is 17.7 Å². The van der Waals surface area contributed by atoms with E-state index < -0.39 is 0 Å². The Hall–Kier alpha value is -2.79. The van der Waals surface area contributed by atoms with E-state index in [0.717, 1.165) is 24.0 Å². The third-order valence-corrected chi connectivity index (χ3v) is 4.51. The molecule has 0 radical (unpaired) electrons. The number of halogens is 1. The monoisotopic (exact) mass is 384 g/mol. The summed E-state index contributed by atoms with van der Waals surface area (Å²) in [6.07, 6.45) is 5.14. The Kier molecular flexibility index (Phi) is 5.81. The van der Waals surface area contributed by atoms with Crippen molar-refractivity contribution in [2.75, 3.05) is 12.4 Å². The van der Waals surface area contributed by atoms with E-state index >= 15 is 0 Å². The van der Waals surface area contributed by atoms with Crippen molar-refractivity contribution in [1.82, 2.24) is 5.32 Å². The molecule has 1 aliphatic carbocycles. The molecular weight excluding hydrogens is 364 g/mol. The number of nitrogens with one attached hydrogen (secondary N) is 2. The fourth-order valence-electron chi connectivity index (χ4n) is 2.60. The minimum Gasteiger partial charge on any atom is -0.496 e. The number of hydrogen-bond donors (Lipinski definition) is 2. The Morgan fingerprint density at radius 1 is 1.19 bits per heavy atom. The molecular formula is C21H21ClN2O3. The van der Waals surface area contributed by atoms with E-state index in [0.29, 0.717) is 22.0 Å². The van der Waals surface area contributed by atoms with Crippen LogP contribution in [0.1, 0.15) is 34.3 Å². The molecule has 0 unspecified atom stereocenters. The summed E-state index contributed by atoms with van der Waals surface area (Å²) in [7, 11) is 1.59. The van der Waals surface area contributed by atoms with Crippen molar-refractivity contribution in [3.05, 3.63) is 64.2 Å². The number of benzene rings is 2. The highest BCUT2D eigenvalue weighted by molar-refractivity contribution is 6.34. The molecule has 0 aliphatic heterocycles. The van der Waals surface area contributed by atoms with Crippen LogP contribution in [0.4, 0.5) is 5.69 Å². The zero-order valence-corrected chi connectivity index (χ0v) is 16.0. The average Bonchev–Trinajstić information content (AvgIpc) is 3.44. The van der Waals surface area contributed by atoms with Crippen LogP contribution in [-0.2, 0) is 4.79 Å². The van der Waals surface area contributed by atoms with Crippen LogP contribution >= 0.6 is 11.6 Å². The van der Waals surface area contributed by atoms with Crippen LogP contribution < -0.4 is 15.4 Å². The standard InChI is InChI=1S/C21H21ClN2O3/c1-13-3-9-19(27-2)14(11-13)4-10-20(25)23-16-7-8-17(18(22)12-16)21(26)24-15-5-6-15/h3-4,7-12,15H,5-6H2,1-2H3,(H,23,25)(H,24,26). The van der Waals surface area contributed by atoms with Gasteiger partial charge in [-0.2, -0.15) is 0 Å². The van der Waals surface area contributed by atoms with Crippen LogP contribution in [0.3, 0.4) is 0 Å². The molecule has 0 atom stereocenters. The topological polar surface area (TPSA) is 67.4 Å². The number of aryl methyl sites for hydroxylation is 1. The smallest absolute Gasteiger partial charge is 0.253 e. The Morgan fingerprint density at radius 2 is 1.96 bits per heavy atom. The number of carbonyl (C=O) groups excluding carboxylic acids is 2. The number of amides is 2. The second-order valence-corrected chi connectivity index (χ2v) is 6.92. The van der Waals surface area contributed by atoms with Crippen molar-refractivity contribution in [3.8, 4) is 5.75 Å². The van der Waals surface area contributed by atoms with Gasteiger partial charge in [-0.1, -0.05) is 23.2 Å². The molecule has 2 amide bonds. The summed E-state index contributed by atoms with van der Waals surface area (Å²) in [5.41, 5.74) is 2.82. The maximum Gasteiger partial charge on any atom is 0.253 e. The molecule has 5 nitrogen and oxygen atoms in total. The van der Waals surface area contributed by atoms with E-state index in [4.69, 9.17) is 16.3 Å². The molecule has 6 heteroatoms. The van der Waals surface area contributed by atoms with Gasteiger partial charge in [-0.25, -0.2) is 0 Å². The predicted molar refractivity (Wildman–Crippen MR) is 107 cm³/mol. The lowest BCUT2D eigenvalue weighted by atomic mass is 10.1. The third kappa shape index (κ3) is 5.11. The van der Waals surface area contributed by atoms with Crippen molar-refractivity contribution in [1.29, 1.82) is 0 Å². The van der Waals surface area contributed by atoms with Gasteiger partial charge in [-0.3, -0.25) is 9.59 Å². The van der Waals surface area contributed by atoms with Gasteiger partial charge < -0.3 is 15.4 Å². The highest BCUT2D eigenvalue weighted by Gasteiger charge is 2.24. The van der Waals surface area contributed by atoms with Crippen molar-refractivity contribution in [3.63, 3.8) is 0 Å². The van der Waals surface area contributed by atoms with Gasteiger partial charge in [-0.05, 0) is 56.2 Å². The minimum absolute atomic E-state index is 0.188. The Bertz CT molecular complexity index is 904. The Morgan fingerprint density at radius 3 is 2.63 bits per heavy atom. The van der Waals surface area contributed by atoms with E-state index in [1.807, 2.05) is 25.1 Å². The summed E-state index contributed by atoms with van der Waals surface area (Å²) in [5.74, 6) is 0.204. The first kappa shape index (κ1) is 19.0. The van der Waals surface area contributed by atoms with E-state index in [9.17, 15) is 9.59 Å². The van der Waals surface area contributed by atoms with Crippen molar-refractivity contribution < 1.29 is 14.3 Å². The van der Waals surface area contributed by atoms with Crippen LogP contribution in [0.15, 0.2) is 42.5 Å². The first-order chi connectivity index (χ1) is 13.0. The van der Waals surface area contributed by atoms with Crippen LogP contribution in [0, 0.1) is 6.92 Å². The fourth-order valence-corrected chi connectivity index (χ4v) is 2.87. The van der Waals surface area contributed by atoms with Gasteiger partial charge in [0, 0.05) is 23.4 Å². The van der Waals surface area contributed by atoms with Gasteiger partial charge in [0.25, 0.3) is 5.91 Å². The third-order valence-electron chi connectivity index (χ3n) is 4.19. The van der Waals surface area contributed by atoms with Crippen molar-refractivity contribution in [2.24, 2.45) is 0 Å². The second-order valence-electron chi connectivity index (χ2n) is 6.51. The van der Waals surface area contributed by atoms with Gasteiger partial charge in [0.2, 0.25) is 5.91 Å². The molecule has 0 aromatic heterocycles. The molecule has 0 heterocycles. The minimum atomic E-state index is -0.301. The summed E-state index contributed by atoms with van der Waals surface area (Å²) in [6, 6.07) is 10.8. The molecule has 27 heavy (non-hydrogen) atoms. The molecule has 0 bridgehead atoms.